The zero-order valence-corrected chi connectivity index (χ0v) is 12.6. The zero-order valence-electron chi connectivity index (χ0n) is 11.1. The van der Waals surface area contributed by atoms with Gasteiger partial charge in [-0.15, -0.1) is 11.6 Å². The van der Waals surface area contributed by atoms with Gasteiger partial charge < -0.3 is 5.32 Å². The molecule has 0 aromatic heterocycles. The number of benzene rings is 1. The van der Waals surface area contributed by atoms with Crippen LogP contribution in [0.15, 0.2) is 18.2 Å². The fourth-order valence-corrected chi connectivity index (χ4v) is 2.12. The van der Waals surface area contributed by atoms with Crippen LogP contribution in [0.1, 0.15) is 30.1 Å². The van der Waals surface area contributed by atoms with Crippen LogP contribution in [0.2, 0.25) is 5.02 Å². The Labute approximate surface area is 127 Å². The van der Waals surface area contributed by atoms with E-state index < -0.39 is 10.8 Å². The van der Waals surface area contributed by atoms with Gasteiger partial charge >= 0.3 is 0 Å². The van der Waals surface area contributed by atoms with E-state index >= 15 is 0 Å². The maximum Gasteiger partial charge on any atom is 0.283 e. The molecule has 1 amide bonds. The molecule has 1 unspecified atom stereocenters. The predicted octanol–water partition coefficient (Wildman–Crippen LogP) is 3.63. The van der Waals surface area contributed by atoms with Gasteiger partial charge in [0.25, 0.3) is 11.6 Å². The van der Waals surface area contributed by atoms with E-state index in [0.29, 0.717) is 18.3 Å². The molecule has 0 aliphatic carbocycles. The minimum absolute atomic E-state index is 0.0748. The van der Waals surface area contributed by atoms with Crippen molar-refractivity contribution in [3.8, 4) is 0 Å². The van der Waals surface area contributed by atoms with Gasteiger partial charge in [-0.3, -0.25) is 14.9 Å². The zero-order chi connectivity index (χ0) is 15.1. The highest BCUT2D eigenvalue weighted by Crippen LogP contribution is 2.25. The number of halogens is 2. The summed E-state index contributed by atoms with van der Waals surface area (Å²) in [5, 5.41) is 13.6. The molecule has 1 atom stereocenters. The number of nitro groups is 1. The van der Waals surface area contributed by atoms with Gasteiger partial charge in [0.2, 0.25) is 0 Å². The van der Waals surface area contributed by atoms with Gasteiger partial charge in [-0.25, -0.2) is 0 Å². The topological polar surface area (TPSA) is 72.2 Å². The summed E-state index contributed by atoms with van der Waals surface area (Å²) in [6.45, 7) is 2.45. The minimum Gasteiger partial charge on any atom is -0.352 e. The molecule has 0 heterocycles. The Morgan fingerprint density at radius 1 is 1.50 bits per heavy atom. The van der Waals surface area contributed by atoms with E-state index in [1.54, 1.807) is 0 Å². The molecule has 1 rings (SSSR count). The average molecular weight is 319 g/mol. The van der Waals surface area contributed by atoms with Crippen molar-refractivity contribution >= 4 is 34.8 Å². The Balaban J connectivity index is 2.66. The van der Waals surface area contributed by atoms with Crippen LogP contribution in [-0.2, 0) is 0 Å². The normalized spacial score (nSPS) is 11.9. The number of carbonyl (C=O) groups is 1. The van der Waals surface area contributed by atoms with Crippen molar-refractivity contribution in [2.75, 3.05) is 12.4 Å². The number of nitrogens with zero attached hydrogens (tertiary/aromatic N) is 1. The summed E-state index contributed by atoms with van der Waals surface area (Å²) in [5.74, 6) is 0.424. The molecule has 0 radical (unpaired) electrons. The molecule has 0 saturated carbocycles. The Bertz CT molecular complexity index is 495. The number of nitro benzene ring substituents is 1. The predicted molar refractivity (Wildman–Crippen MR) is 79.6 cm³/mol. The first-order chi connectivity index (χ1) is 9.47. The summed E-state index contributed by atoms with van der Waals surface area (Å²) in [6, 6.07) is 4.16. The maximum atomic E-state index is 12.0. The largest absolute Gasteiger partial charge is 0.352 e. The number of rotatable bonds is 7. The second-order valence-electron chi connectivity index (χ2n) is 4.55. The first-order valence-corrected chi connectivity index (χ1v) is 7.15. The summed E-state index contributed by atoms with van der Waals surface area (Å²) in [4.78, 5) is 22.3. The van der Waals surface area contributed by atoms with Crippen LogP contribution in [0.3, 0.4) is 0 Å². The molecule has 0 bridgehead atoms. The third-order valence-electron chi connectivity index (χ3n) is 2.84. The third-order valence-corrected chi connectivity index (χ3v) is 3.68. The van der Waals surface area contributed by atoms with Crippen LogP contribution in [0.4, 0.5) is 5.69 Å². The Hall–Kier alpha value is -1.33. The lowest BCUT2D eigenvalue weighted by molar-refractivity contribution is -0.385. The fourth-order valence-electron chi connectivity index (χ4n) is 1.71. The average Bonchev–Trinajstić information content (AvgIpc) is 2.42. The lowest BCUT2D eigenvalue weighted by Crippen LogP contribution is -2.26. The smallest absolute Gasteiger partial charge is 0.283 e. The van der Waals surface area contributed by atoms with Crippen molar-refractivity contribution in [1.82, 2.24) is 5.32 Å². The second kappa shape index (κ2) is 8.07. The van der Waals surface area contributed by atoms with E-state index in [1.807, 2.05) is 6.92 Å². The molecule has 0 spiro atoms. The van der Waals surface area contributed by atoms with Crippen molar-refractivity contribution in [2.45, 2.75) is 19.8 Å². The minimum atomic E-state index is -0.615. The quantitative estimate of drug-likeness (QED) is 0.361. The van der Waals surface area contributed by atoms with Gasteiger partial charge in [0.05, 0.1) is 9.95 Å². The van der Waals surface area contributed by atoms with Crippen molar-refractivity contribution in [2.24, 2.45) is 5.92 Å². The van der Waals surface area contributed by atoms with Crippen molar-refractivity contribution < 1.29 is 9.72 Å². The molecule has 1 aromatic rings. The molecule has 20 heavy (non-hydrogen) atoms. The first-order valence-electron chi connectivity index (χ1n) is 6.24. The number of carbonyl (C=O) groups excluding carboxylic acids is 1. The molecule has 5 nitrogen and oxygen atoms in total. The van der Waals surface area contributed by atoms with Gasteiger partial charge in [-0.1, -0.05) is 24.6 Å². The Morgan fingerprint density at radius 3 is 2.80 bits per heavy atom. The van der Waals surface area contributed by atoms with Gasteiger partial charge in [0, 0.05) is 18.5 Å². The summed E-state index contributed by atoms with van der Waals surface area (Å²) < 4.78 is 0. The Morgan fingerprint density at radius 2 is 2.20 bits per heavy atom. The molecule has 1 N–H and O–H groups in total. The number of hydrogen-bond donors (Lipinski definition) is 1. The van der Waals surface area contributed by atoms with E-state index in [2.05, 4.69) is 5.32 Å². The van der Waals surface area contributed by atoms with Gasteiger partial charge in [-0.05, 0) is 24.8 Å². The molecule has 7 heteroatoms. The summed E-state index contributed by atoms with van der Waals surface area (Å²) in [6.07, 6.45) is 1.65. The van der Waals surface area contributed by atoms with Crippen LogP contribution in [0, 0.1) is 16.0 Å². The first kappa shape index (κ1) is 16.7. The van der Waals surface area contributed by atoms with E-state index in [-0.39, 0.29) is 16.3 Å². The number of hydrogen-bond acceptors (Lipinski definition) is 3. The van der Waals surface area contributed by atoms with Gasteiger partial charge in [0.1, 0.15) is 5.56 Å². The van der Waals surface area contributed by atoms with Crippen molar-refractivity contribution in [3.05, 3.63) is 38.9 Å². The van der Waals surface area contributed by atoms with Crippen LogP contribution in [-0.4, -0.2) is 23.3 Å². The fraction of sp³-hybridized carbons (Fsp3) is 0.462. The summed E-state index contributed by atoms with van der Waals surface area (Å²) >= 11 is 11.6. The lowest BCUT2D eigenvalue weighted by Gasteiger charge is -2.09. The number of nitrogens with one attached hydrogen (secondary N) is 1. The standard InChI is InChI=1S/C13H16Cl2N2O3/c1-9(8-14)4-3-7-16-13(18)12-10(15)5-2-6-11(12)17(19)20/h2,5-6,9H,3-4,7-8H2,1H3,(H,16,18). The second-order valence-corrected chi connectivity index (χ2v) is 5.26. The SMILES string of the molecule is CC(CCl)CCCNC(=O)c1c(Cl)cccc1[N+](=O)[O-]. The van der Waals surface area contributed by atoms with E-state index in [9.17, 15) is 14.9 Å². The summed E-state index contributed by atoms with van der Waals surface area (Å²) in [5.41, 5.74) is -0.381. The molecule has 0 aliphatic heterocycles. The van der Waals surface area contributed by atoms with Gasteiger partial charge in [0.15, 0.2) is 0 Å². The van der Waals surface area contributed by atoms with E-state index in [1.165, 1.54) is 18.2 Å². The highest BCUT2D eigenvalue weighted by Gasteiger charge is 2.22. The highest BCUT2D eigenvalue weighted by atomic mass is 35.5. The van der Waals surface area contributed by atoms with E-state index in [0.717, 1.165) is 12.8 Å². The highest BCUT2D eigenvalue weighted by molar-refractivity contribution is 6.34. The maximum absolute atomic E-state index is 12.0. The van der Waals surface area contributed by atoms with Gasteiger partial charge in [-0.2, -0.15) is 0 Å². The molecule has 0 aliphatic rings. The number of alkyl halides is 1. The molecule has 0 fully saturated rings. The van der Waals surface area contributed by atoms with E-state index in [4.69, 9.17) is 23.2 Å². The Kier molecular flexibility index (Phi) is 6.75. The van der Waals surface area contributed by atoms with Crippen LogP contribution in [0.5, 0.6) is 0 Å². The van der Waals surface area contributed by atoms with Crippen LogP contribution >= 0.6 is 23.2 Å². The molecular weight excluding hydrogens is 303 g/mol. The lowest BCUT2D eigenvalue weighted by atomic mass is 10.1. The molecule has 0 saturated heterocycles. The molecule has 110 valence electrons. The van der Waals surface area contributed by atoms with Crippen molar-refractivity contribution in [1.29, 1.82) is 0 Å². The van der Waals surface area contributed by atoms with Crippen LogP contribution < -0.4 is 5.32 Å². The van der Waals surface area contributed by atoms with Crippen LogP contribution in [0.25, 0.3) is 0 Å². The van der Waals surface area contributed by atoms with Crippen molar-refractivity contribution in [3.63, 3.8) is 0 Å². The summed E-state index contributed by atoms with van der Waals surface area (Å²) in [7, 11) is 0. The third kappa shape index (κ3) is 4.65. The molecule has 1 aromatic carbocycles. The molecular formula is C13H16Cl2N2O3. The monoisotopic (exact) mass is 318 g/mol. The number of amides is 1.